The molecule has 0 bridgehead atoms. The van der Waals surface area contributed by atoms with Crippen LogP contribution in [0.25, 0.3) is 0 Å². The number of thiophene rings is 1. The maximum Gasteiger partial charge on any atom is 0.211 e. The van der Waals surface area contributed by atoms with Crippen LogP contribution in [0.4, 0.5) is 4.39 Å². The molecule has 0 aliphatic rings. The Hall–Kier alpha value is -0.500. The van der Waals surface area contributed by atoms with Gasteiger partial charge >= 0.3 is 0 Å². The first-order valence-corrected chi connectivity index (χ1v) is 7.70. The third-order valence-corrected chi connectivity index (χ3v) is 4.77. The van der Waals surface area contributed by atoms with Crippen molar-refractivity contribution >= 4 is 21.4 Å². The fraction of sp³-hybridized carbons (Fsp3) is 0.600. The van der Waals surface area contributed by atoms with Crippen molar-refractivity contribution in [1.82, 2.24) is 4.72 Å². The molecule has 1 rings (SSSR count). The van der Waals surface area contributed by atoms with Gasteiger partial charge in [-0.15, -0.1) is 11.3 Å². The van der Waals surface area contributed by atoms with Crippen LogP contribution in [-0.2, 0) is 15.6 Å². The molecule has 2 N–H and O–H groups in total. The van der Waals surface area contributed by atoms with E-state index in [4.69, 9.17) is 0 Å². The molecule has 0 aromatic carbocycles. The van der Waals surface area contributed by atoms with E-state index >= 15 is 0 Å². The average Bonchev–Trinajstić information content (AvgIpc) is 2.78. The summed E-state index contributed by atoms with van der Waals surface area (Å²) >= 11 is 1.35. The van der Waals surface area contributed by atoms with Crippen molar-refractivity contribution in [3.8, 4) is 0 Å². The molecule has 1 unspecified atom stereocenters. The van der Waals surface area contributed by atoms with Gasteiger partial charge in [0.15, 0.2) is 0 Å². The highest BCUT2D eigenvalue weighted by Crippen LogP contribution is 2.24. The van der Waals surface area contributed by atoms with Crippen LogP contribution in [0, 0.1) is 0 Å². The van der Waals surface area contributed by atoms with Gasteiger partial charge < -0.3 is 5.11 Å². The topological polar surface area (TPSA) is 66.4 Å². The lowest BCUT2D eigenvalue weighted by molar-refractivity contribution is 0.0666. The van der Waals surface area contributed by atoms with Gasteiger partial charge in [0.25, 0.3) is 0 Å². The number of rotatable bonds is 7. The van der Waals surface area contributed by atoms with Gasteiger partial charge in [0.1, 0.15) is 5.60 Å². The van der Waals surface area contributed by atoms with Gasteiger partial charge in [-0.2, -0.15) is 0 Å². The molecule has 0 saturated carbocycles. The highest BCUT2D eigenvalue weighted by atomic mass is 32.2. The van der Waals surface area contributed by atoms with Crippen LogP contribution in [0.1, 0.15) is 18.2 Å². The van der Waals surface area contributed by atoms with Crippen molar-refractivity contribution in [1.29, 1.82) is 0 Å². The third kappa shape index (κ3) is 4.71. The Morgan fingerprint density at radius 2 is 2.29 bits per heavy atom. The van der Waals surface area contributed by atoms with Crippen LogP contribution in [0.15, 0.2) is 17.5 Å². The summed E-state index contributed by atoms with van der Waals surface area (Å²) in [7, 11) is -3.51. The lowest BCUT2D eigenvalue weighted by Crippen LogP contribution is -2.39. The van der Waals surface area contributed by atoms with Crippen molar-refractivity contribution in [2.24, 2.45) is 0 Å². The number of sulfonamides is 1. The smallest absolute Gasteiger partial charge is 0.211 e. The van der Waals surface area contributed by atoms with Crippen molar-refractivity contribution in [2.75, 3.05) is 19.0 Å². The second-order valence-electron chi connectivity index (χ2n) is 3.93. The first-order valence-electron chi connectivity index (χ1n) is 5.17. The summed E-state index contributed by atoms with van der Waals surface area (Å²) in [5.41, 5.74) is -1.24. The van der Waals surface area contributed by atoms with Crippen LogP contribution < -0.4 is 4.72 Å². The summed E-state index contributed by atoms with van der Waals surface area (Å²) in [6.07, 6.45) is -0.0313. The van der Waals surface area contributed by atoms with Gasteiger partial charge in [-0.25, -0.2) is 13.1 Å². The van der Waals surface area contributed by atoms with Crippen LogP contribution in [0.3, 0.4) is 0 Å². The molecule has 0 saturated heterocycles. The molecule has 0 amide bonds. The zero-order chi connectivity index (χ0) is 12.9. The molecule has 17 heavy (non-hydrogen) atoms. The number of aliphatic hydroxyl groups is 1. The summed E-state index contributed by atoms with van der Waals surface area (Å²) in [5.74, 6) is -0.260. The van der Waals surface area contributed by atoms with Crippen molar-refractivity contribution in [2.45, 2.75) is 18.9 Å². The van der Waals surface area contributed by atoms with Gasteiger partial charge in [-0.1, -0.05) is 6.07 Å². The Labute approximate surface area is 105 Å². The van der Waals surface area contributed by atoms with Crippen LogP contribution in [0.2, 0.25) is 0 Å². The predicted molar refractivity (Wildman–Crippen MR) is 66.3 cm³/mol. The molecular formula is C10H16FNO3S2. The maximum absolute atomic E-state index is 11.9. The van der Waals surface area contributed by atoms with Gasteiger partial charge in [0.05, 0.1) is 12.4 Å². The monoisotopic (exact) mass is 281 g/mol. The SMILES string of the molecule is CC(O)(CNS(=O)(=O)CCCF)c1cccs1. The fourth-order valence-corrected chi connectivity index (χ4v) is 3.16. The van der Waals surface area contributed by atoms with E-state index in [1.807, 2.05) is 0 Å². The first-order chi connectivity index (χ1) is 7.87. The van der Waals surface area contributed by atoms with E-state index < -0.39 is 22.3 Å². The zero-order valence-electron chi connectivity index (χ0n) is 9.52. The zero-order valence-corrected chi connectivity index (χ0v) is 11.2. The van der Waals surface area contributed by atoms with Crippen molar-refractivity contribution < 1.29 is 17.9 Å². The minimum atomic E-state index is -3.51. The molecule has 4 nitrogen and oxygen atoms in total. The highest BCUT2D eigenvalue weighted by molar-refractivity contribution is 7.89. The molecule has 1 atom stereocenters. The Balaban J connectivity index is 2.56. The second-order valence-corrected chi connectivity index (χ2v) is 6.81. The van der Waals surface area contributed by atoms with Crippen molar-refractivity contribution in [3.63, 3.8) is 0 Å². The average molecular weight is 281 g/mol. The molecule has 1 aromatic rings. The predicted octanol–water partition coefficient (Wildman–Crippen LogP) is 1.23. The Morgan fingerprint density at radius 3 is 2.82 bits per heavy atom. The summed E-state index contributed by atoms with van der Waals surface area (Å²) in [6.45, 7) is 0.765. The van der Waals surface area contributed by atoms with E-state index in [0.29, 0.717) is 4.88 Å². The van der Waals surface area contributed by atoms with E-state index in [1.165, 1.54) is 18.3 Å². The van der Waals surface area contributed by atoms with Crippen molar-refractivity contribution in [3.05, 3.63) is 22.4 Å². The van der Waals surface area contributed by atoms with Crippen LogP contribution in [-0.4, -0.2) is 32.5 Å². The van der Waals surface area contributed by atoms with Gasteiger partial charge in [0.2, 0.25) is 10.0 Å². The first kappa shape index (κ1) is 14.6. The van der Waals surface area contributed by atoms with Gasteiger partial charge in [-0.3, -0.25) is 4.39 Å². The third-order valence-electron chi connectivity index (χ3n) is 2.24. The van der Waals surface area contributed by atoms with E-state index in [0.717, 1.165) is 0 Å². The Morgan fingerprint density at radius 1 is 1.59 bits per heavy atom. The maximum atomic E-state index is 11.9. The lowest BCUT2D eigenvalue weighted by atomic mass is 10.1. The molecule has 98 valence electrons. The lowest BCUT2D eigenvalue weighted by Gasteiger charge is -2.22. The standard InChI is InChI=1S/C10H16FNO3S2/c1-10(13,9-4-2-6-16-9)8-12-17(14,15)7-3-5-11/h2,4,6,12-13H,3,5,7-8H2,1H3. The quantitative estimate of drug-likeness (QED) is 0.790. The molecule has 0 aliphatic heterocycles. The Kier molecular flexibility index (Phi) is 5.05. The summed E-state index contributed by atoms with van der Waals surface area (Å²) in [4.78, 5) is 0.686. The number of alkyl halides is 1. The normalized spacial score (nSPS) is 15.7. The van der Waals surface area contributed by atoms with E-state index in [2.05, 4.69) is 4.72 Å². The van der Waals surface area contributed by atoms with Crippen LogP contribution >= 0.6 is 11.3 Å². The minimum Gasteiger partial charge on any atom is -0.383 e. The Bertz CT molecular complexity index is 428. The number of nitrogens with one attached hydrogen (secondary N) is 1. The summed E-state index contributed by atoms with van der Waals surface area (Å²) in [5, 5.41) is 11.9. The van der Waals surface area contributed by atoms with E-state index in [-0.39, 0.29) is 18.7 Å². The molecule has 0 aliphatic carbocycles. The second kappa shape index (κ2) is 5.90. The minimum absolute atomic E-state index is 0.0313. The molecule has 1 aromatic heterocycles. The van der Waals surface area contributed by atoms with E-state index in [1.54, 1.807) is 17.5 Å². The number of hydrogen-bond acceptors (Lipinski definition) is 4. The molecule has 0 spiro atoms. The fourth-order valence-electron chi connectivity index (χ4n) is 1.24. The number of hydrogen-bond donors (Lipinski definition) is 2. The van der Waals surface area contributed by atoms with Gasteiger partial charge in [-0.05, 0) is 24.8 Å². The van der Waals surface area contributed by atoms with Crippen LogP contribution in [0.5, 0.6) is 0 Å². The molecule has 1 heterocycles. The van der Waals surface area contributed by atoms with Gasteiger partial charge in [0, 0.05) is 11.4 Å². The molecule has 0 fully saturated rings. The molecule has 7 heteroatoms. The molecule has 0 radical (unpaired) electrons. The largest absolute Gasteiger partial charge is 0.383 e. The summed E-state index contributed by atoms with van der Waals surface area (Å²) in [6, 6.07) is 3.52. The summed E-state index contributed by atoms with van der Waals surface area (Å²) < 4.78 is 37.0. The molecular weight excluding hydrogens is 265 g/mol. The highest BCUT2D eigenvalue weighted by Gasteiger charge is 2.26. The van der Waals surface area contributed by atoms with E-state index in [9.17, 15) is 17.9 Å². The number of halogens is 1.